The standard InChI is InChI=1S/C32H41NO4/c1-8-28(4,5)18-9-10-20-21-15-19-11-14-31(35)29(6,30(19,7)26(21)33-22(20)16-18)13-12-23-32(31)27(37-32)24(34)25(36-23)17(2)3/h8-10,16,19,23-25,27,33-35H,1-2,11-15H2,3-7H3/t19-,23+,24+,25-,27-,29-,30-,31+,32+/m1/s1. The minimum atomic E-state index is -1.09. The van der Waals surface area contributed by atoms with E-state index in [1.54, 1.807) is 0 Å². The maximum atomic E-state index is 12.8. The normalized spacial score (nSPS) is 45.9. The fourth-order valence-electron chi connectivity index (χ4n) is 9.37. The molecular weight excluding hydrogens is 462 g/mol. The molecule has 5 heteroatoms. The van der Waals surface area contributed by atoms with Crippen molar-refractivity contribution in [2.75, 3.05) is 0 Å². The smallest absolute Gasteiger partial charge is 0.153 e. The Labute approximate surface area is 219 Å². The number of ether oxygens (including phenoxy) is 2. The van der Waals surface area contributed by atoms with Gasteiger partial charge in [0.1, 0.15) is 23.9 Å². The number of hydrogen-bond acceptors (Lipinski definition) is 4. The number of aliphatic hydroxyl groups excluding tert-OH is 1. The minimum Gasteiger partial charge on any atom is -0.387 e. The Morgan fingerprint density at radius 2 is 1.97 bits per heavy atom. The van der Waals surface area contributed by atoms with Crippen LogP contribution >= 0.6 is 0 Å². The van der Waals surface area contributed by atoms with Crippen LogP contribution in [0.2, 0.25) is 0 Å². The van der Waals surface area contributed by atoms with Gasteiger partial charge in [-0.25, -0.2) is 0 Å². The molecule has 5 nitrogen and oxygen atoms in total. The van der Waals surface area contributed by atoms with E-state index in [0.29, 0.717) is 12.3 Å². The molecule has 5 aliphatic rings. The molecule has 3 aliphatic carbocycles. The van der Waals surface area contributed by atoms with Gasteiger partial charge < -0.3 is 24.7 Å². The molecule has 1 aromatic heterocycles. The monoisotopic (exact) mass is 503 g/mol. The molecule has 198 valence electrons. The summed E-state index contributed by atoms with van der Waals surface area (Å²) in [6, 6.07) is 6.80. The molecule has 7 rings (SSSR count). The second-order valence-electron chi connectivity index (χ2n) is 13.8. The molecule has 3 heterocycles. The average Bonchev–Trinajstić information content (AvgIpc) is 3.44. The summed E-state index contributed by atoms with van der Waals surface area (Å²) in [6.45, 7) is 19.0. The first-order valence-electron chi connectivity index (χ1n) is 14.0. The molecule has 1 spiro atoms. The van der Waals surface area contributed by atoms with Crippen LogP contribution in [0.4, 0.5) is 0 Å². The van der Waals surface area contributed by atoms with Gasteiger partial charge in [0.2, 0.25) is 0 Å². The van der Waals surface area contributed by atoms with Gasteiger partial charge in [-0.3, -0.25) is 0 Å². The Bertz CT molecular complexity index is 1360. The molecule has 2 saturated carbocycles. The van der Waals surface area contributed by atoms with Crippen LogP contribution in [0.3, 0.4) is 0 Å². The Kier molecular flexibility index (Phi) is 4.56. The molecule has 0 radical (unpaired) electrons. The van der Waals surface area contributed by atoms with E-state index in [2.05, 4.69) is 64.0 Å². The third-order valence-corrected chi connectivity index (χ3v) is 12.0. The van der Waals surface area contributed by atoms with Crippen molar-refractivity contribution in [1.82, 2.24) is 4.98 Å². The molecule has 4 fully saturated rings. The number of nitrogens with one attached hydrogen (secondary N) is 1. The number of H-pyrrole nitrogens is 1. The van der Waals surface area contributed by atoms with Crippen LogP contribution in [0, 0.1) is 11.3 Å². The molecule has 0 amide bonds. The predicted molar refractivity (Wildman–Crippen MR) is 145 cm³/mol. The Balaban J connectivity index is 1.35. The van der Waals surface area contributed by atoms with E-state index in [9.17, 15) is 10.2 Å². The highest BCUT2D eigenvalue weighted by atomic mass is 16.7. The lowest BCUT2D eigenvalue weighted by atomic mass is 9.40. The molecule has 0 unspecified atom stereocenters. The molecule has 3 N–H and O–H groups in total. The lowest BCUT2D eigenvalue weighted by Gasteiger charge is -2.66. The van der Waals surface area contributed by atoms with E-state index in [4.69, 9.17) is 9.47 Å². The third-order valence-electron chi connectivity index (χ3n) is 12.0. The largest absolute Gasteiger partial charge is 0.387 e. The second kappa shape index (κ2) is 6.98. The Hall–Kier alpha value is -1.92. The Morgan fingerprint density at radius 1 is 1.22 bits per heavy atom. The van der Waals surface area contributed by atoms with Crippen molar-refractivity contribution in [3.63, 3.8) is 0 Å². The molecule has 1 aromatic carbocycles. The van der Waals surface area contributed by atoms with Gasteiger partial charge >= 0.3 is 0 Å². The quantitative estimate of drug-likeness (QED) is 0.396. The predicted octanol–water partition coefficient (Wildman–Crippen LogP) is 5.23. The van der Waals surface area contributed by atoms with E-state index in [1.165, 1.54) is 27.7 Å². The van der Waals surface area contributed by atoms with Gasteiger partial charge in [0.25, 0.3) is 0 Å². The fraction of sp³-hybridized carbons (Fsp3) is 0.625. The summed E-state index contributed by atoms with van der Waals surface area (Å²) in [5.41, 5.74) is 3.20. The average molecular weight is 504 g/mol. The molecule has 0 bridgehead atoms. The fourth-order valence-corrected chi connectivity index (χ4v) is 9.37. The Morgan fingerprint density at radius 3 is 2.68 bits per heavy atom. The second-order valence-corrected chi connectivity index (χ2v) is 13.8. The molecule has 9 atom stereocenters. The highest BCUT2D eigenvalue weighted by Crippen LogP contribution is 2.74. The number of aromatic amines is 1. The number of allylic oxidation sites excluding steroid dienone is 1. The molecule has 2 aliphatic heterocycles. The summed E-state index contributed by atoms with van der Waals surface area (Å²) in [5, 5.41) is 25.3. The van der Waals surface area contributed by atoms with Crippen LogP contribution in [0.25, 0.3) is 10.9 Å². The lowest BCUT2D eigenvalue weighted by molar-refractivity contribution is -0.265. The zero-order valence-electron chi connectivity index (χ0n) is 22.9. The highest BCUT2D eigenvalue weighted by Gasteiger charge is 2.86. The lowest BCUT2D eigenvalue weighted by Crippen LogP contribution is -2.76. The molecule has 2 aromatic rings. The molecule has 37 heavy (non-hydrogen) atoms. The van der Waals surface area contributed by atoms with Gasteiger partial charge in [-0.15, -0.1) is 6.58 Å². The first kappa shape index (κ1) is 24.1. The van der Waals surface area contributed by atoms with Gasteiger partial charge in [-0.1, -0.05) is 52.5 Å². The van der Waals surface area contributed by atoms with Crippen molar-refractivity contribution < 1.29 is 19.7 Å². The third kappa shape index (κ3) is 2.52. The van der Waals surface area contributed by atoms with Gasteiger partial charge in [-0.2, -0.15) is 0 Å². The van der Waals surface area contributed by atoms with Crippen LogP contribution < -0.4 is 0 Å². The molecular formula is C32H41NO4. The summed E-state index contributed by atoms with van der Waals surface area (Å²) < 4.78 is 12.9. The number of rotatable bonds is 3. The van der Waals surface area contributed by atoms with Gasteiger partial charge in [0, 0.05) is 32.8 Å². The number of hydrogen-bond donors (Lipinski definition) is 3. The topological polar surface area (TPSA) is 78.0 Å². The summed E-state index contributed by atoms with van der Waals surface area (Å²) in [4.78, 5) is 3.88. The van der Waals surface area contributed by atoms with Crippen molar-refractivity contribution in [1.29, 1.82) is 0 Å². The van der Waals surface area contributed by atoms with Crippen molar-refractivity contribution in [3.8, 4) is 0 Å². The maximum absolute atomic E-state index is 12.8. The number of epoxide rings is 1. The van der Waals surface area contributed by atoms with E-state index in [-0.39, 0.29) is 16.9 Å². The summed E-state index contributed by atoms with van der Waals surface area (Å²) in [6.07, 6.45) is 4.41. The maximum Gasteiger partial charge on any atom is 0.153 e. The summed E-state index contributed by atoms with van der Waals surface area (Å²) in [5.74, 6) is 0.454. The summed E-state index contributed by atoms with van der Waals surface area (Å²) >= 11 is 0. The minimum absolute atomic E-state index is 0.105. The zero-order valence-corrected chi connectivity index (χ0v) is 22.9. The number of fused-ring (bicyclic) bond motifs is 7. The number of aliphatic hydroxyl groups is 2. The van der Waals surface area contributed by atoms with Crippen LogP contribution in [-0.2, 0) is 26.7 Å². The van der Waals surface area contributed by atoms with E-state index < -0.39 is 34.9 Å². The zero-order chi connectivity index (χ0) is 26.3. The van der Waals surface area contributed by atoms with Crippen molar-refractivity contribution in [2.45, 2.75) is 113 Å². The van der Waals surface area contributed by atoms with Crippen LogP contribution in [0.5, 0.6) is 0 Å². The van der Waals surface area contributed by atoms with Gasteiger partial charge in [0.15, 0.2) is 5.60 Å². The molecule has 2 saturated heterocycles. The van der Waals surface area contributed by atoms with Crippen molar-refractivity contribution in [2.24, 2.45) is 11.3 Å². The van der Waals surface area contributed by atoms with Crippen LogP contribution in [-0.4, -0.2) is 50.8 Å². The van der Waals surface area contributed by atoms with Crippen molar-refractivity contribution in [3.05, 3.63) is 59.8 Å². The van der Waals surface area contributed by atoms with Crippen LogP contribution in [0.15, 0.2) is 43.0 Å². The summed E-state index contributed by atoms with van der Waals surface area (Å²) in [7, 11) is 0. The van der Waals surface area contributed by atoms with Crippen molar-refractivity contribution >= 4 is 10.9 Å². The van der Waals surface area contributed by atoms with Gasteiger partial charge in [0.05, 0.1) is 6.10 Å². The SMILES string of the molecule is C=CC(C)(C)c1ccc2c3c([nH]c2c1)[C@@]1(C)[C@H](CC[C@@]2(O)[C@@]45O[C@@H]4[C@@H](O)[C@@H](C(=C)C)O[C@H]5CC[C@@]21C)C3. The van der Waals surface area contributed by atoms with E-state index in [0.717, 1.165) is 31.3 Å². The van der Waals surface area contributed by atoms with Gasteiger partial charge in [-0.05, 0) is 67.7 Å². The van der Waals surface area contributed by atoms with Crippen LogP contribution in [0.1, 0.15) is 77.1 Å². The number of benzene rings is 1. The van der Waals surface area contributed by atoms with E-state index >= 15 is 0 Å². The first-order chi connectivity index (χ1) is 17.4. The highest BCUT2D eigenvalue weighted by molar-refractivity contribution is 5.87. The number of aromatic nitrogens is 1. The first-order valence-corrected chi connectivity index (χ1v) is 14.0. The van der Waals surface area contributed by atoms with E-state index in [1.807, 2.05) is 13.0 Å².